The van der Waals surface area contributed by atoms with Crippen LogP contribution in [-0.4, -0.2) is 18.1 Å². The number of hydrogen-bond donors (Lipinski definition) is 2. The first-order valence-electron chi connectivity index (χ1n) is 5.52. The van der Waals surface area contributed by atoms with E-state index in [9.17, 15) is 0 Å². The number of H-pyrrole nitrogens is 1. The van der Waals surface area contributed by atoms with Crippen molar-refractivity contribution in [3.63, 3.8) is 0 Å². The number of hydrogen-bond acceptors (Lipinski definition) is 2. The predicted octanol–water partition coefficient (Wildman–Crippen LogP) is 2.07. The molecule has 82 valence electrons. The van der Waals surface area contributed by atoms with E-state index < -0.39 is 0 Å². The van der Waals surface area contributed by atoms with Crippen molar-refractivity contribution in [2.45, 2.75) is 6.42 Å². The van der Waals surface area contributed by atoms with E-state index in [4.69, 9.17) is 10.5 Å². The SMILES string of the molecule is NCCc1c[nH]c2ccc3c(c12)C=CCO3. The first-order valence-corrected chi connectivity index (χ1v) is 5.52. The van der Waals surface area contributed by atoms with Crippen molar-refractivity contribution in [3.05, 3.63) is 35.5 Å². The van der Waals surface area contributed by atoms with Crippen LogP contribution in [0.5, 0.6) is 5.75 Å². The molecule has 3 rings (SSSR count). The van der Waals surface area contributed by atoms with Crippen LogP contribution >= 0.6 is 0 Å². The second-order valence-corrected chi connectivity index (χ2v) is 3.97. The van der Waals surface area contributed by atoms with Crippen molar-refractivity contribution < 1.29 is 4.74 Å². The maximum atomic E-state index is 5.62. The maximum absolute atomic E-state index is 5.62. The molecule has 16 heavy (non-hydrogen) atoms. The lowest BCUT2D eigenvalue weighted by molar-refractivity contribution is 0.359. The third-order valence-corrected chi connectivity index (χ3v) is 2.96. The van der Waals surface area contributed by atoms with E-state index in [0.29, 0.717) is 13.2 Å². The minimum absolute atomic E-state index is 0.662. The molecule has 0 saturated carbocycles. The average molecular weight is 214 g/mol. The Balaban J connectivity index is 2.28. The molecule has 0 spiro atoms. The van der Waals surface area contributed by atoms with Gasteiger partial charge in [-0.15, -0.1) is 0 Å². The second kappa shape index (κ2) is 3.68. The van der Waals surface area contributed by atoms with Gasteiger partial charge in [-0.1, -0.05) is 6.08 Å². The van der Waals surface area contributed by atoms with Crippen LogP contribution in [0.2, 0.25) is 0 Å². The summed E-state index contributed by atoms with van der Waals surface area (Å²) in [5.74, 6) is 0.966. The van der Waals surface area contributed by atoms with Gasteiger partial charge in [0, 0.05) is 22.7 Å². The van der Waals surface area contributed by atoms with Crippen LogP contribution in [0.1, 0.15) is 11.1 Å². The van der Waals surface area contributed by atoms with Gasteiger partial charge >= 0.3 is 0 Å². The van der Waals surface area contributed by atoms with Gasteiger partial charge in [0.25, 0.3) is 0 Å². The van der Waals surface area contributed by atoms with Crippen molar-refractivity contribution in [3.8, 4) is 5.75 Å². The lowest BCUT2D eigenvalue weighted by atomic mass is 10.0. The van der Waals surface area contributed by atoms with Gasteiger partial charge in [0.1, 0.15) is 12.4 Å². The Labute approximate surface area is 93.9 Å². The summed E-state index contributed by atoms with van der Waals surface area (Å²) in [6.07, 6.45) is 7.11. The largest absolute Gasteiger partial charge is 0.489 e. The minimum atomic E-state index is 0.662. The highest BCUT2D eigenvalue weighted by Crippen LogP contribution is 2.33. The smallest absolute Gasteiger partial charge is 0.127 e. The lowest BCUT2D eigenvalue weighted by Gasteiger charge is -2.13. The molecule has 2 aromatic rings. The summed E-state index contributed by atoms with van der Waals surface area (Å²) in [6.45, 7) is 1.33. The summed E-state index contributed by atoms with van der Waals surface area (Å²) in [5, 5.41) is 1.25. The molecule has 1 aromatic heterocycles. The van der Waals surface area contributed by atoms with Crippen LogP contribution in [0.25, 0.3) is 17.0 Å². The van der Waals surface area contributed by atoms with Crippen LogP contribution < -0.4 is 10.5 Å². The standard InChI is InChI=1S/C13H14N2O/c14-6-5-9-8-15-11-3-4-12-10(13(9)11)2-1-7-16-12/h1-4,8,15H,5-7,14H2. The zero-order chi connectivity index (χ0) is 11.0. The van der Waals surface area contributed by atoms with Crippen molar-refractivity contribution in [1.29, 1.82) is 0 Å². The molecule has 0 saturated heterocycles. The monoisotopic (exact) mass is 214 g/mol. The molecule has 0 amide bonds. The maximum Gasteiger partial charge on any atom is 0.127 e. The molecule has 1 aliphatic rings. The van der Waals surface area contributed by atoms with E-state index >= 15 is 0 Å². The fraction of sp³-hybridized carbons (Fsp3) is 0.231. The Morgan fingerprint density at radius 2 is 2.31 bits per heavy atom. The van der Waals surface area contributed by atoms with Gasteiger partial charge in [0.05, 0.1) is 0 Å². The van der Waals surface area contributed by atoms with Gasteiger partial charge in [-0.2, -0.15) is 0 Å². The van der Waals surface area contributed by atoms with Gasteiger partial charge in [0.15, 0.2) is 0 Å². The van der Waals surface area contributed by atoms with Crippen molar-refractivity contribution in [2.24, 2.45) is 5.73 Å². The van der Waals surface area contributed by atoms with Crippen molar-refractivity contribution >= 4 is 17.0 Å². The summed E-state index contributed by atoms with van der Waals surface area (Å²) >= 11 is 0. The van der Waals surface area contributed by atoms with Crippen molar-refractivity contribution in [2.75, 3.05) is 13.2 Å². The van der Waals surface area contributed by atoms with E-state index in [1.807, 2.05) is 18.3 Å². The molecule has 2 heterocycles. The molecule has 0 fully saturated rings. The molecular weight excluding hydrogens is 200 g/mol. The summed E-state index contributed by atoms with van der Waals surface area (Å²) in [7, 11) is 0. The van der Waals surface area contributed by atoms with Gasteiger partial charge in [-0.3, -0.25) is 0 Å². The molecular formula is C13H14N2O. The van der Waals surface area contributed by atoms with E-state index in [1.165, 1.54) is 16.5 Å². The highest BCUT2D eigenvalue weighted by Gasteiger charge is 2.13. The molecule has 0 atom stereocenters. The molecule has 3 nitrogen and oxygen atoms in total. The van der Waals surface area contributed by atoms with E-state index in [1.54, 1.807) is 0 Å². The molecule has 1 aliphatic heterocycles. The van der Waals surface area contributed by atoms with Crippen LogP contribution in [0.4, 0.5) is 0 Å². The number of rotatable bonds is 2. The predicted molar refractivity (Wildman–Crippen MR) is 65.6 cm³/mol. The number of benzene rings is 1. The third kappa shape index (κ3) is 1.32. The summed E-state index contributed by atoms with van der Waals surface area (Å²) in [4.78, 5) is 3.28. The highest BCUT2D eigenvalue weighted by atomic mass is 16.5. The van der Waals surface area contributed by atoms with Crippen LogP contribution in [0.3, 0.4) is 0 Å². The van der Waals surface area contributed by atoms with Crippen LogP contribution in [0, 0.1) is 0 Å². The Morgan fingerprint density at radius 3 is 3.19 bits per heavy atom. The van der Waals surface area contributed by atoms with E-state index in [-0.39, 0.29) is 0 Å². The Kier molecular flexibility index (Phi) is 2.18. The van der Waals surface area contributed by atoms with Gasteiger partial charge in [0.2, 0.25) is 0 Å². The minimum Gasteiger partial charge on any atom is -0.489 e. The topological polar surface area (TPSA) is 51.0 Å². The first kappa shape index (κ1) is 9.48. The Morgan fingerprint density at radius 1 is 1.38 bits per heavy atom. The van der Waals surface area contributed by atoms with E-state index in [2.05, 4.69) is 17.1 Å². The molecule has 0 radical (unpaired) electrons. The number of nitrogens with two attached hydrogens (primary N) is 1. The fourth-order valence-corrected chi connectivity index (χ4v) is 2.25. The van der Waals surface area contributed by atoms with Crippen LogP contribution in [0.15, 0.2) is 24.4 Å². The van der Waals surface area contributed by atoms with Gasteiger partial charge in [-0.25, -0.2) is 0 Å². The number of aromatic amines is 1. The normalized spacial score (nSPS) is 13.8. The number of aromatic nitrogens is 1. The summed E-state index contributed by atoms with van der Waals surface area (Å²) < 4.78 is 5.60. The first-order chi connectivity index (χ1) is 7.90. The van der Waals surface area contributed by atoms with Gasteiger partial charge < -0.3 is 15.5 Å². The number of fused-ring (bicyclic) bond motifs is 3. The molecule has 3 heteroatoms. The van der Waals surface area contributed by atoms with Gasteiger partial charge in [-0.05, 0) is 36.7 Å². The molecule has 3 N–H and O–H groups in total. The number of ether oxygens (including phenoxy) is 1. The summed E-state index contributed by atoms with van der Waals surface area (Å²) in [6, 6.07) is 4.08. The Bertz CT molecular complexity index is 554. The van der Waals surface area contributed by atoms with Crippen molar-refractivity contribution in [1.82, 2.24) is 4.98 Å². The van der Waals surface area contributed by atoms with E-state index in [0.717, 1.165) is 17.7 Å². The molecule has 0 bridgehead atoms. The second-order valence-electron chi connectivity index (χ2n) is 3.97. The summed E-state index contributed by atoms with van der Waals surface area (Å²) in [5.41, 5.74) is 9.22. The average Bonchev–Trinajstić information content (AvgIpc) is 2.73. The molecule has 1 aromatic carbocycles. The highest BCUT2D eigenvalue weighted by molar-refractivity contribution is 5.94. The van der Waals surface area contributed by atoms with Crippen LogP contribution in [-0.2, 0) is 6.42 Å². The number of nitrogens with one attached hydrogen (secondary N) is 1. The molecule has 0 aliphatic carbocycles. The Hall–Kier alpha value is -1.74. The fourth-order valence-electron chi connectivity index (χ4n) is 2.25. The lowest BCUT2D eigenvalue weighted by Crippen LogP contribution is -2.04. The zero-order valence-corrected chi connectivity index (χ0v) is 8.99. The molecule has 0 unspecified atom stereocenters. The quantitative estimate of drug-likeness (QED) is 0.804. The zero-order valence-electron chi connectivity index (χ0n) is 8.99. The third-order valence-electron chi connectivity index (χ3n) is 2.96.